The number of halogens is 2. The molecule has 0 bridgehead atoms. The molecule has 10 heteroatoms. The van der Waals surface area contributed by atoms with Crippen LogP contribution in [0.3, 0.4) is 0 Å². The molecule has 1 saturated heterocycles. The van der Waals surface area contributed by atoms with E-state index in [0.29, 0.717) is 33.6 Å². The molecule has 0 N–H and O–H groups in total. The first-order valence-corrected chi connectivity index (χ1v) is 10.9. The van der Waals surface area contributed by atoms with Crippen LogP contribution in [0.25, 0.3) is 11.3 Å². The summed E-state index contributed by atoms with van der Waals surface area (Å²) >= 11 is 1.27. The number of pyridine rings is 2. The predicted molar refractivity (Wildman–Crippen MR) is 124 cm³/mol. The van der Waals surface area contributed by atoms with Crippen molar-refractivity contribution in [3.8, 4) is 29.1 Å². The van der Waals surface area contributed by atoms with Crippen molar-refractivity contribution in [2.24, 2.45) is 4.99 Å². The van der Waals surface area contributed by atoms with Crippen molar-refractivity contribution < 1.29 is 13.5 Å². The van der Waals surface area contributed by atoms with Gasteiger partial charge in [0.25, 0.3) is 0 Å². The Morgan fingerprint density at radius 1 is 1.33 bits per heavy atom. The standard InChI is InChI=1S/C23H20F2N6OS/c1-3-15(10-28-2)14-33-23-19(9-27)21(20-5-4-17(11-29-20)32-7-6-24)18(8-26)22(30-23)31-12-16(25)13-31/h3-5,10-11,16H,1-2,6-7,12-14H2/b15-10+. The highest BCUT2D eigenvalue weighted by molar-refractivity contribution is 7.99. The molecule has 7 nitrogen and oxygen atoms in total. The van der Waals surface area contributed by atoms with Crippen molar-refractivity contribution in [2.45, 2.75) is 11.2 Å². The number of hydrogen-bond acceptors (Lipinski definition) is 8. The first-order chi connectivity index (χ1) is 16.1. The van der Waals surface area contributed by atoms with Gasteiger partial charge in [0.05, 0.1) is 30.5 Å². The Morgan fingerprint density at radius 2 is 2.09 bits per heavy atom. The van der Waals surface area contributed by atoms with Crippen molar-refractivity contribution in [3.63, 3.8) is 0 Å². The summed E-state index contributed by atoms with van der Waals surface area (Å²) in [6.45, 7) is 6.65. The Balaban J connectivity index is 2.13. The molecule has 0 saturated carbocycles. The number of alkyl halides is 2. The van der Waals surface area contributed by atoms with Crippen LogP contribution in [0.1, 0.15) is 11.1 Å². The van der Waals surface area contributed by atoms with Crippen LogP contribution in [0.5, 0.6) is 5.75 Å². The van der Waals surface area contributed by atoms with Gasteiger partial charge in [-0.05, 0) is 24.4 Å². The maximum atomic E-state index is 13.6. The number of aliphatic imine (C=N–C) groups is 1. The topological polar surface area (TPSA) is 98.2 Å². The molecule has 33 heavy (non-hydrogen) atoms. The molecule has 0 aliphatic carbocycles. The Hall–Kier alpha value is -3.76. The van der Waals surface area contributed by atoms with Gasteiger partial charge >= 0.3 is 0 Å². The van der Waals surface area contributed by atoms with E-state index in [-0.39, 0.29) is 30.8 Å². The fourth-order valence-corrected chi connectivity index (χ4v) is 4.08. The Kier molecular flexibility index (Phi) is 8.11. The van der Waals surface area contributed by atoms with Crippen molar-refractivity contribution in [2.75, 3.05) is 37.0 Å². The number of ether oxygens (including phenoxy) is 1. The summed E-state index contributed by atoms with van der Waals surface area (Å²) in [6.07, 6.45) is 3.57. The summed E-state index contributed by atoms with van der Waals surface area (Å²) in [6, 6.07) is 7.43. The summed E-state index contributed by atoms with van der Waals surface area (Å²) in [5.74, 6) is 1.07. The molecule has 0 amide bonds. The predicted octanol–water partition coefficient (Wildman–Crippen LogP) is 4.26. The highest BCUT2D eigenvalue weighted by atomic mass is 32.2. The van der Waals surface area contributed by atoms with Gasteiger partial charge in [0.15, 0.2) is 0 Å². The molecule has 0 spiro atoms. The zero-order valence-electron chi connectivity index (χ0n) is 17.7. The molecule has 1 aliphatic rings. The van der Waals surface area contributed by atoms with Gasteiger partial charge in [0.2, 0.25) is 0 Å². The third kappa shape index (κ3) is 5.36. The van der Waals surface area contributed by atoms with E-state index in [1.165, 1.54) is 18.0 Å². The maximum absolute atomic E-state index is 13.6. The van der Waals surface area contributed by atoms with E-state index in [2.05, 4.69) is 40.4 Å². The molecule has 2 aromatic heterocycles. The number of aromatic nitrogens is 2. The minimum Gasteiger partial charge on any atom is -0.489 e. The zero-order chi connectivity index (χ0) is 23.8. The maximum Gasteiger partial charge on any atom is 0.148 e. The monoisotopic (exact) mass is 466 g/mol. The number of hydrogen-bond donors (Lipinski definition) is 0. The number of allylic oxidation sites excluding steroid dienone is 1. The van der Waals surface area contributed by atoms with Gasteiger partial charge in [-0.15, -0.1) is 11.8 Å². The van der Waals surface area contributed by atoms with E-state index in [1.54, 1.807) is 29.3 Å². The van der Waals surface area contributed by atoms with Crippen LogP contribution in [-0.2, 0) is 0 Å². The van der Waals surface area contributed by atoms with Gasteiger partial charge in [-0.2, -0.15) is 10.5 Å². The van der Waals surface area contributed by atoms with Crippen LogP contribution in [0.2, 0.25) is 0 Å². The van der Waals surface area contributed by atoms with Gasteiger partial charge in [0, 0.05) is 17.5 Å². The van der Waals surface area contributed by atoms with E-state index in [9.17, 15) is 19.3 Å². The highest BCUT2D eigenvalue weighted by Crippen LogP contribution is 2.39. The van der Waals surface area contributed by atoms with Crippen LogP contribution in [0.15, 0.2) is 52.8 Å². The van der Waals surface area contributed by atoms with Gasteiger partial charge in [-0.3, -0.25) is 9.98 Å². The van der Waals surface area contributed by atoms with Crippen molar-refractivity contribution >= 4 is 24.3 Å². The second kappa shape index (κ2) is 11.2. The minimum absolute atomic E-state index is 0.105. The van der Waals surface area contributed by atoms with E-state index >= 15 is 0 Å². The molecule has 2 aromatic rings. The van der Waals surface area contributed by atoms with Crippen molar-refractivity contribution in [3.05, 3.63) is 53.9 Å². The summed E-state index contributed by atoms with van der Waals surface area (Å²) in [4.78, 5) is 14.3. The second-order valence-electron chi connectivity index (χ2n) is 6.89. The lowest BCUT2D eigenvalue weighted by Crippen LogP contribution is -2.49. The van der Waals surface area contributed by atoms with Crippen molar-refractivity contribution in [1.29, 1.82) is 10.5 Å². The zero-order valence-corrected chi connectivity index (χ0v) is 18.5. The van der Waals surface area contributed by atoms with Crippen LogP contribution < -0.4 is 9.64 Å². The van der Waals surface area contributed by atoms with E-state index < -0.39 is 12.8 Å². The average molecular weight is 467 g/mol. The van der Waals surface area contributed by atoms with Gasteiger partial charge in [-0.25, -0.2) is 13.8 Å². The number of rotatable bonds is 10. The average Bonchev–Trinajstić information content (AvgIpc) is 2.82. The van der Waals surface area contributed by atoms with Crippen molar-refractivity contribution in [1.82, 2.24) is 9.97 Å². The largest absolute Gasteiger partial charge is 0.489 e. The fraction of sp³-hybridized carbons (Fsp3) is 0.261. The van der Waals surface area contributed by atoms with E-state index in [0.717, 1.165) is 5.57 Å². The van der Waals surface area contributed by atoms with Gasteiger partial charge < -0.3 is 9.64 Å². The molecule has 0 unspecified atom stereocenters. The minimum atomic E-state index is -1.01. The highest BCUT2D eigenvalue weighted by Gasteiger charge is 2.32. The molecular weight excluding hydrogens is 446 g/mol. The number of anilines is 1. The number of nitrogens with zero attached hydrogens (tertiary/aromatic N) is 6. The molecule has 0 atom stereocenters. The summed E-state index contributed by atoms with van der Waals surface area (Å²) in [7, 11) is 0. The molecule has 0 radical (unpaired) electrons. The third-order valence-electron chi connectivity index (χ3n) is 4.74. The van der Waals surface area contributed by atoms with Crippen LogP contribution in [0.4, 0.5) is 14.6 Å². The van der Waals surface area contributed by atoms with Crippen LogP contribution in [-0.4, -0.2) is 55.0 Å². The van der Waals surface area contributed by atoms with Gasteiger partial charge in [-0.1, -0.05) is 12.7 Å². The molecule has 0 aromatic carbocycles. The molecule has 1 aliphatic heterocycles. The van der Waals surface area contributed by atoms with Gasteiger partial charge in [0.1, 0.15) is 53.7 Å². The normalized spacial score (nSPS) is 13.6. The quantitative estimate of drug-likeness (QED) is 0.293. The lowest BCUT2D eigenvalue weighted by atomic mass is 9.99. The summed E-state index contributed by atoms with van der Waals surface area (Å²) in [5.41, 5.74) is 1.74. The molecule has 3 rings (SSSR count). The molecule has 168 valence electrons. The Bertz CT molecular complexity index is 1150. The lowest BCUT2D eigenvalue weighted by Gasteiger charge is -2.36. The van der Waals surface area contributed by atoms with E-state index in [4.69, 9.17) is 4.74 Å². The molecular formula is C23H20F2N6OS. The smallest absolute Gasteiger partial charge is 0.148 e. The second-order valence-corrected chi connectivity index (χ2v) is 7.85. The summed E-state index contributed by atoms with van der Waals surface area (Å²) < 4.78 is 31.2. The first-order valence-electron chi connectivity index (χ1n) is 9.88. The Labute approximate surface area is 194 Å². The third-order valence-corrected chi connectivity index (χ3v) is 5.78. The number of thioether (sulfide) groups is 1. The number of nitriles is 2. The Morgan fingerprint density at radius 3 is 2.64 bits per heavy atom. The van der Waals surface area contributed by atoms with Crippen LogP contribution >= 0.6 is 11.8 Å². The lowest BCUT2D eigenvalue weighted by molar-refractivity contribution is 0.272. The molecule has 3 heterocycles. The summed E-state index contributed by atoms with van der Waals surface area (Å²) in [5, 5.41) is 20.3. The molecule has 1 fully saturated rings. The van der Waals surface area contributed by atoms with E-state index in [1.807, 2.05) is 0 Å². The van der Waals surface area contributed by atoms with Crippen LogP contribution in [0, 0.1) is 22.7 Å². The fourth-order valence-electron chi connectivity index (χ4n) is 3.14. The first kappa shape index (κ1) is 23.9. The SMILES string of the molecule is C=C/C(=C\N=C)CSc1nc(N2CC(F)C2)c(C#N)c(-c2ccc(OCCF)cn2)c1C#N.